The summed E-state index contributed by atoms with van der Waals surface area (Å²) < 4.78 is 5.38. The summed E-state index contributed by atoms with van der Waals surface area (Å²) in [7, 11) is 3.86. The number of unbranched alkanes of at least 4 members (excludes halogenated alkanes) is 1. The number of ketones is 1. The summed E-state index contributed by atoms with van der Waals surface area (Å²) in [5, 5.41) is 0. The fourth-order valence-electron chi connectivity index (χ4n) is 3.51. The van der Waals surface area contributed by atoms with Crippen molar-refractivity contribution < 1.29 is 19.1 Å². The van der Waals surface area contributed by atoms with Crippen LogP contribution in [0.4, 0.5) is 0 Å². The van der Waals surface area contributed by atoms with Crippen LogP contribution in [0.2, 0.25) is 0 Å². The van der Waals surface area contributed by atoms with Crippen LogP contribution >= 0.6 is 21.6 Å². The van der Waals surface area contributed by atoms with E-state index in [1.54, 1.807) is 43.3 Å². The van der Waals surface area contributed by atoms with Gasteiger partial charge in [-0.1, -0.05) is 76.5 Å². The predicted molar refractivity (Wildman–Crippen MR) is 127 cm³/mol. The fourth-order valence-corrected chi connectivity index (χ4v) is 6.81. The molecule has 0 spiro atoms. The molecule has 1 fully saturated rings. The summed E-state index contributed by atoms with van der Waals surface area (Å²) >= 11 is 0. The second-order valence-corrected chi connectivity index (χ2v) is 11.2. The summed E-state index contributed by atoms with van der Waals surface area (Å²) in [6.45, 7) is 3.97. The van der Waals surface area contributed by atoms with Gasteiger partial charge in [0.25, 0.3) is 0 Å². The highest BCUT2D eigenvalue weighted by Crippen LogP contribution is 2.49. The van der Waals surface area contributed by atoms with Gasteiger partial charge in [0.2, 0.25) is 0 Å². The molecule has 4 nitrogen and oxygen atoms in total. The largest absolute Gasteiger partial charge is 0.393 e. The van der Waals surface area contributed by atoms with Crippen molar-refractivity contribution in [3.05, 3.63) is 71.3 Å². The van der Waals surface area contributed by atoms with E-state index in [0.29, 0.717) is 21.4 Å². The molecule has 0 bridgehead atoms. The van der Waals surface area contributed by atoms with Crippen molar-refractivity contribution in [1.29, 1.82) is 0 Å². The lowest BCUT2D eigenvalue weighted by Crippen LogP contribution is -2.19. The van der Waals surface area contributed by atoms with E-state index in [1.807, 2.05) is 39.8 Å². The van der Waals surface area contributed by atoms with Gasteiger partial charge in [0.1, 0.15) is 0 Å². The second kappa shape index (κ2) is 11.0. The first-order chi connectivity index (χ1) is 14.9. The van der Waals surface area contributed by atoms with Crippen LogP contribution in [0.3, 0.4) is 0 Å². The Balaban J connectivity index is 1.50. The standard InChI is InChI=1S/C25H28O4S2/c1-18(20-11-8-12-21(17-20)23(27)19-9-4-3-5-10-19)24(28)29-22(26)13-6-7-14-25(2)15-16-30-31-25/h3-5,8-12,17-18H,6-7,13-16H2,1-2H3/t18?,25-/m1/s1. The first-order valence-corrected chi connectivity index (χ1v) is 12.9. The summed E-state index contributed by atoms with van der Waals surface area (Å²) in [5.74, 6) is -0.603. The van der Waals surface area contributed by atoms with Gasteiger partial charge in [0, 0.05) is 28.0 Å². The van der Waals surface area contributed by atoms with Crippen LogP contribution in [0, 0.1) is 0 Å². The summed E-state index contributed by atoms with van der Waals surface area (Å²) in [5.41, 5.74) is 1.75. The van der Waals surface area contributed by atoms with Gasteiger partial charge in [-0.2, -0.15) is 0 Å². The summed E-state index contributed by atoms with van der Waals surface area (Å²) in [4.78, 5) is 37.2. The van der Waals surface area contributed by atoms with E-state index in [2.05, 4.69) is 6.92 Å². The molecule has 0 saturated carbocycles. The average Bonchev–Trinajstić information content (AvgIpc) is 3.23. The molecule has 6 heteroatoms. The molecule has 164 valence electrons. The number of carbonyl (C=O) groups excluding carboxylic acids is 3. The maximum atomic E-state index is 12.7. The van der Waals surface area contributed by atoms with Crippen LogP contribution in [0.1, 0.15) is 73.4 Å². The van der Waals surface area contributed by atoms with Crippen LogP contribution in [-0.2, 0) is 14.3 Å². The van der Waals surface area contributed by atoms with Crippen molar-refractivity contribution in [3.8, 4) is 0 Å². The zero-order chi connectivity index (χ0) is 22.3. The van der Waals surface area contributed by atoms with E-state index in [0.717, 1.165) is 19.3 Å². The van der Waals surface area contributed by atoms with Gasteiger partial charge in [0.15, 0.2) is 5.78 Å². The molecule has 0 aliphatic carbocycles. The van der Waals surface area contributed by atoms with E-state index in [1.165, 1.54) is 12.2 Å². The van der Waals surface area contributed by atoms with E-state index in [4.69, 9.17) is 4.74 Å². The minimum Gasteiger partial charge on any atom is -0.393 e. The SMILES string of the molecule is CC(C(=O)OC(=O)CCCC[C@]1(C)CCSS1)c1cccc(C(=O)c2ccccc2)c1. The Morgan fingerprint density at radius 3 is 2.48 bits per heavy atom. The maximum Gasteiger partial charge on any atom is 0.320 e. The van der Waals surface area contributed by atoms with Gasteiger partial charge in [-0.05, 0) is 44.7 Å². The highest BCUT2D eigenvalue weighted by atomic mass is 33.1. The van der Waals surface area contributed by atoms with Crippen molar-refractivity contribution in [2.45, 2.75) is 56.6 Å². The van der Waals surface area contributed by atoms with E-state index >= 15 is 0 Å². The first kappa shape index (κ1) is 23.6. The summed E-state index contributed by atoms with van der Waals surface area (Å²) in [6, 6.07) is 15.9. The predicted octanol–water partition coefficient (Wildman–Crippen LogP) is 6.20. The van der Waals surface area contributed by atoms with Crippen LogP contribution in [0.5, 0.6) is 0 Å². The number of hydrogen-bond donors (Lipinski definition) is 0. The lowest BCUT2D eigenvalue weighted by Gasteiger charge is -2.20. The Kier molecular flexibility index (Phi) is 8.38. The Morgan fingerprint density at radius 1 is 1.03 bits per heavy atom. The molecule has 2 aromatic rings. The molecule has 2 atom stereocenters. The zero-order valence-corrected chi connectivity index (χ0v) is 19.6. The molecule has 2 aromatic carbocycles. The Hall–Kier alpha value is -2.05. The Labute approximate surface area is 191 Å². The first-order valence-electron chi connectivity index (χ1n) is 10.6. The molecule has 31 heavy (non-hydrogen) atoms. The van der Waals surface area contributed by atoms with Gasteiger partial charge in [0.05, 0.1) is 5.92 Å². The minimum absolute atomic E-state index is 0.105. The molecule has 1 unspecified atom stereocenters. The molecule has 3 rings (SSSR count). The number of ether oxygens (including phenoxy) is 1. The number of carbonyl (C=O) groups is 3. The monoisotopic (exact) mass is 456 g/mol. The van der Waals surface area contributed by atoms with Crippen LogP contribution < -0.4 is 0 Å². The normalized spacial score (nSPS) is 19.0. The van der Waals surface area contributed by atoms with Crippen molar-refractivity contribution in [1.82, 2.24) is 0 Å². The third kappa shape index (κ3) is 6.71. The molecule has 0 amide bonds. The van der Waals surface area contributed by atoms with Gasteiger partial charge >= 0.3 is 11.9 Å². The van der Waals surface area contributed by atoms with Crippen molar-refractivity contribution in [3.63, 3.8) is 0 Å². The topological polar surface area (TPSA) is 60.4 Å². The Morgan fingerprint density at radius 2 is 1.77 bits per heavy atom. The van der Waals surface area contributed by atoms with Crippen molar-refractivity contribution in [2.24, 2.45) is 0 Å². The van der Waals surface area contributed by atoms with Gasteiger partial charge in [-0.25, -0.2) is 0 Å². The summed E-state index contributed by atoms with van der Waals surface area (Å²) in [6.07, 6.45) is 4.20. The van der Waals surface area contributed by atoms with Crippen molar-refractivity contribution in [2.75, 3.05) is 5.75 Å². The number of rotatable bonds is 9. The molecule has 1 heterocycles. The fraction of sp³-hybridized carbons (Fsp3) is 0.400. The lowest BCUT2D eigenvalue weighted by atomic mass is 9.96. The zero-order valence-electron chi connectivity index (χ0n) is 18.0. The van der Waals surface area contributed by atoms with E-state index in [9.17, 15) is 14.4 Å². The molecule has 0 aromatic heterocycles. The van der Waals surface area contributed by atoms with Gasteiger partial charge in [-0.3, -0.25) is 14.4 Å². The molecule has 0 radical (unpaired) electrons. The molecular weight excluding hydrogens is 428 g/mol. The smallest absolute Gasteiger partial charge is 0.320 e. The van der Waals surface area contributed by atoms with Crippen LogP contribution in [0.15, 0.2) is 54.6 Å². The van der Waals surface area contributed by atoms with E-state index < -0.39 is 17.9 Å². The third-order valence-corrected chi connectivity index (χ3v) is 8.92. The quantitative estimate of drug-likeness (QED) is 0.147. The molecule has 1 aliphatic rings. The van der Waals surface area contributed by atoms with Crippen LogP contribution in [0.25, 0.3) is 0 Å². The molecule has 1 aliphatic heterocycles. The molecule has 1 saturated heterocycles. The van der Waals surface area contributed by atoms with Crippen molar-refractivity contribution >= 4 is 39.3 Å². The number of esters is 2. The number of benzene rings is 2. The average molecular weight is 457 g/mol. The molecule has 0 N–H and O–H groups in total. The minimum atomic E-state index is -0.627. The van der Waals surface area contributed by atoms with Crippen LogP contribution in [-0.4, -0.2) is 28.2 Å². The van der Waals surface area contributed by atoms with Gasteiger partial charge < -0.3 is 4.74 Å². The highest BCUT2D eigenvalue weighted by Gasteiger charge is 2.29. The Bertz CT molecular complexity index is 920. The lowest BCUT2D eigenvalue weighted by molar-refractivity contribution is -0.160. The third-order valence-electron chi connectivity index (χ3n) is 5.56. The number of hydrogen-bond acceptors (Lipinski definition) is 6. The van der Waals surface area contributed by atoms with Gasteiger partial charge in [-0.15, -0.1) is 0 Å². The van der Waals surface area contributed by atoms with E-state index in [-0.39, 0.29) is 12.2 Å². The molecular formula is C25H28O4S2. The maximum absolute atomic E-state index is 12.7. The second-order valence-electron chi connectivity index (χ2n) is 8.15. The highest BCUT2D eigenvalue weighted by molar-refractivity contribution is 8.77.